The molecule has 0 aromatic carbocycles. The zero-order valence-electron chi connectivity index (χ0n) is 11.5. The predicted octanol–water partition coefficient (Wildman–Crippen LogP) is 2.62. The molecule has 2 bridgehead atoms. The molecule has 0 saturated heterocycles. The Labute approximate surface area is 106 Å². The molecule has 3 atom stereocenters. The Morgan fingerprint density at radius 1 is 1.24 bits per heavy atom. The van der Waals surface area contributed by atoms with Gasteiger partial charge in [-0.25, -0.2) is 0 Å². The van der Waals surface area contributed by atoms with Gasteiger partial charge >= 0.3 is 0 Å². The summed E-state index contributed by atoms with van der Waals surface area (Å²) in [6, 6.07) is 0.665. The van der Waals surface area contributed by atoms with Crippen molar-refractivity contribution >= 4 is 0 Å². The minimum Gasteiger partial charge on any atom is -0.329 e. The van der Waals surface area contributed by atoms with Gasteiger partial charge in [-0.3, -0.25) is 4.90 Å². The van der Waals surface area contributed by atoms with Gasteiger partial charge in [-0.05, 0) is 63.7 Å². The molecule has 0 radical (unpaired) electrons. The highest BCUT2D eigenvalue weighted by molar-refractivity contribution is 5.09. The van der Waals surface area contributed by atoms with Gasteiger partial charge in [0.05, 0.1) is 0 Å². The molecule has 0 spiro atoms. The van der Waals surface area contributed by atoms with Crippen LogP contribution in [0.5, 0.6) is 0 Å². The van der Waals surface area contributed by atoms with Crippen LogP contribution in [0.2, 0.25) is 0 Å². The van der Waals surface area contributed by atoms with Crippen LogP contribution < -0.4 is 5.73 Å². The number of rotatable bonds is 5. The number of hydrogen-bond acceptors (Lipinski definition) is 2. The Hall–Kier alpha value is -0.0800. The first-order chi connectivity index (χ1) is 8.15. The summed E-state index contributed by atoms with van der Waals surface area (Å²) in [6.45, 7) is 6.94. The lowest BCUT2D eigenvalue weighted by atomic mass is 9.78. The largest absolute Gasteiger partial charge is 0.329 e. The molecule has 98 valence electrons. The topological polar surface area (TPSA) is 29.3 Å². The summed E-state index contributed by atoms with van der Waals surface area (Å²) in [5.41, 5.74) is 6.62. The van der Waals surface area contributed by atoms with Crippen LogP contribution in [0.3, 0.4) is 0 Å². The fourth-order valence-electron chi connectivity index (χ4n) is 4.62. The van der Waals surface area contributed by atoms with E-state index in [2.05, 4.69) is 18.7 Å². The number of fused-ring (bicyclic) bond motifs is 2. The van der Waals surface area contributed by atoms with Gasteiger partial charge in [0, 0.05) is 24.7 Å². The van der Waals surface area contributed by atoms with E-state index < -0.39 is 0 Å². The highest BCUT2D eigenvalue weighted by atomic mass is 15.2. The van der Waals surface area contributed by atoms with Crippen LogP contribution in [-0.2, 0) is 0 Å². The Kier molecular flexibility index (Phi) is 2.99. The maximum Gasteiger partial charge on any atom is 0.0365 e. The molecule has 3 rings (SSSR count). The minimum absolute atomic E-state index is 0.375. The highest BCUT2D eigenvalue weighted by Crippen LogP contribution is 2.54. The fourth-order valence-corrected chi connectivity index (χ4v) is 4.62. The van der Waals surface area contributed by atoms with E-state index in [1.807, 2.05) is 0 Å². The third-order valence-corrected chi connectivity index (χ3v) is 5.64. The Balaban J connectivity index is 1.81. The standard InChI is InChI=1S/C15H28N2/c1-11(2)17(9-12-3-4-12)15(10-16)8-13-5-6-14(15)7-13/h11-14H,3-10,16H2,1-2H3. The second-order valence-corrected chi connectivity index (χ2v) is 7.08. The predicted molar refractivity (Wildman–Crippen MR) is 71.8 cm³/mol. The maximum absolute atomic E-state index is 6.25. The SMILES string of the molecule is CC(C)N(CC1CC1)C1(CN)CC2CCC1C2. The van der Waals surface area contributed by atoms with Gasteiger partial charge in [0.15, 0.2) is 0 Å². The normalized spacial score (nSPS) is 40.8. The van der Waals surface area contributed by atoms with Crippen LogP contribution >= 0.6 is 0 Å². The molecule has 0 heterocycles. The lowest BCUT2D eigenvalue weighted by Gasteiger charge is -2.49. The highest BCUT2D eigenvalue weighted by Gasteiger charge is 2.54. The molecule has 2 heteroatoms. The molecule has 3 unspecified atom stereocenters. The molecule has 2 N–H and O–H groups in total. The smallest absolute Gasteiger partial charge is 0.0365 e. The Morgan fingerprint density at radius 2 is 2.00 bits per heavy atom. The van der Waals surface area contributed by atoms with Crippen molar-refractivity contribution in [1.82, 2.24) is 4.90 Å². The summed E-state index contributed by atoms with van der Waals surface area (Å²) in [4.78, 5) is 2.80. The van der Waals surface area contributed by atoms with Crippen LogP contribution in [0.1, 0.15) is 52.4 Å². The van der Waals surface area contributed by atoms with Crippen LogP contribution in [0.15, 0.2) is 0 Å². The van der Waals surface area contributed by atoms with Gasteiger partial charge in [0.2, 0.25) is 0 Å². The van der Waals surface area contributed by atoms with E-state index in [0.717, 1.165) is 24.3 Å². The van der Waals surface area contributed by atoms with Gasteiger partial charge in [-0.1, -0.05) is 6.42 Å². The number of nitrogens with two attached hydrogens (primary N) is 1. The van der Waals surface area contributed by atoms with Crippen molar-refractivity contribution in [3.63, 3.8) is 0 Å². The molecule has 3 aliphatic rings. The van der Waals surface area contributed by atoms with Crippen molar-refractivity contribution in [2.45, 2.75) is 64.0 Å². The second-order valence-electron chi connectivity index (χ2n) is 7.08. The molecule has 0 aliphatic heterocycles. The third-order valence-electron chi connectivity index (χ3n) is 5.64. The van der Waals surface area contributed by atoms with Crippen molar-refractivity contribution in [3.05, 3.63) is 0 Å². The van der Waals surface area contributed by atoms with Crippen LogP contribution in [0.25, 0.3) is 0 Å². The van der Waals surface area contributed by atoms with Gasteiger partial charge in [-0.15, -0.1) is 0 Å². The summed E-state index contributed by atoms with van der Waals surface area (Å²) in [5.74, 6) is 2.88. The molecule has 17 heavy (non-hydrogen) atoms. The molecule has 2 nitrogen and oxygen atoms in total. The molecule has 3 saturated carbocycles. The molecular formula is C15H28N2. The second kappa shape index (κ2) is 4.24. The van der Waals surface area contributed by atoms with Crippen molar-refractivity contribution in [1.29, 1.82) is 0 Å². The summed E-state index contributed by atoms with van der Waals surface area (Å²) in [6.07, 6.45) is 8.68. The van der Waals surface area contributed by atoms with E-state index >= 15 is 0 Å². The van der Waals surface area contributed by atoms with Crippen LogP contribution in [0.4, 0.5) is 0 Å². The van der Waals surface area contributed by atoms with Gasteiger partial charge in [0.1, 0.15) is 0 Å². The summed E-state index contributed by atoms with van der Waals surface area (Å²) in [7, 11) is 0. The molecule has 0 amide bonds. The zero-order chi connectivity index (χ0) is 12.0. The number of nitrogens with zero attached hydrogens (tertiary/aromatic N) is 1. The van der Waals surface area contributed by atoms with E-state index in [4.69, 9.17) is 5.73 Å². The van der Waals surface area contributed by atoms with Crippen molar-refractivity contribution in [2.75, 3.05) is 13.1 Å². The molecule has 0 aromatic heterocycles. The molecule has 3 aliphatic carbocycles. The Morgan fingerprint density at radius 3 is 2.41 bits per heavy atom. The number of hydrogen-bond donors (Lipinski definition) is 1. The third kappa shape index (κ3) is 1.94. The van der Waals surface area contributed by atoms with E-state index in [0.29, 0.717) is 11.6 Å². The minimum atomic E-state index is 0.375. The van der Waals surface area contributed by atoms with E-state index in [1.165, 1.54) is 45.1 Å². The molecule has 0 aromatic rings. The van der Waals surface area contributed by atoms with Crippen molar-refractivity contribution in [2.24, 2.45) is 23.5 Å². The monoisotopic (exact) mass is 236 g/mol. The average molecular weight is 236 g/mol. The van der Waals surface area contributed by atoms with Gasteiger partial charge in [-0.2, -0.15) is 0 Å². The van der Waals surface area contributed by atoms with Gasteiger partial charge in [0.25, 0.3) is 0 Å². The summed E-state index contributed by atoms with van der Waals surface area (Å²) >= 11 is 0. The first kappa shape index (κ1) is 12.0. The van der Waals surface area contributed by atoms with Crippen molar-refractivity contribution in [3.8, 4) is 0 Å². The lowest BCUT2D eigenvalue weighted by Crippen LogP contribution is -2.60. The van der Waals surface area contributed by atoms with Crippen LogP contribution in [0, 0.1) is 17.8 Å². The van der Waals surface area contributed by atoms with E-state index in [-0.39, 0.29) is 0 Å². The molecular weight excluding hydrogens is 208 g/mol. The quantitative estimate of drug-likeness (QED) is 0.795. The Bertz CT molecular complexity index is 285. The van der Waals surface area contributed by atoms with Crippen LogP contribution in [-0.4, -0.2) is 29.6 Å². The van der Waals surface area contributed by atoms with Gasteiger partial charge < -0.3 is 5.73 Å². The first-order valence-electron chi connectivity index (χ1n) is 7.62. The van der Waals surface area contributed by atoms with E-state index in [9.17, 15) is 0 Å². The fraction of sp³-hybridized carbons (Fsp3) is 1.00. The van der Waals surface area contributed by atoms with Crippen molar-refractivity contribution < 1.29 is 0 Å². The zero-order valence-corrected chi connectivity index (χ0v) is 11.5. The first-order valence-corrected chi connectivity index (χ1v) is 7.62. The maximum atomic E-state index is 6.25. The summed E-state index contributed by atoms with van der Waals surface area (Å²) < 4.78 is 0. The lowest BCUT2D eigenvalue weighted by molar-refractivity contribution is 0.0120. The summed E-state index contributed by atoms with van der Waals surface area (Å²) in [5, 5.41) is 0. The molecule has 3 fully saturated rings. The average Bonchev–Trinajstić information content (AvgIpc) is 2.91. The van der Waals surface area contributed by atoms with E-state index in [1.54, 1.807) is 0 Å².